The molecule has 0 amide bonds. The van der Waals surface area contributed by atoms with Crippen LogP contribution in [0.25, 0.3) is 66.8 Å². The lowest BCUT2D eigenvalue weighted by molar-refractivity contribution is 0.663. The number of aliphatic imine (C=N–C) groups is 1. The first-order valence-corrected chi connectivity index (χ1v) is 22.6. The zero-order valence-corrected chi connectivity index (χ0v) is 38.2. The van der Waals surface area contributed by atoms with Gasteiger partial charge in [0.15, 0.2) is 0 Å². The van der Waals surface area contributed by atoms with Crippen molar-refractivity contribution in [3.05, 3.63) is 197 Å². The minimum atomic E-state index is 0.450. The molecule has 8 aromatic carbocycles. The summed E-state index contributed by atoms with van der Waals surface area (Å²) in [4.78, 5) is 8.84. The molecule has 2 heterocycles. The first-order chi connectivity index (χ1) is 31.6. The van der Waals surface area contributed by atoms with Crippen molar-refractivity contribution in [2.75, 3.05) is 16.8 Å². The Balaban J connectivity index is 1.07. The Morgan fingerprint density at radius 3 is 1.63 bits per heavy atom. The van der Waals surface area contributed by atoms with E-state index in [2.05, 4.69) is 209 Å². The Bertz CT molecular complexity index is 3460. The molecular weight excluding hydrogens is 795 g/mol. The minimum absolute atomic E-state index is 0.450. The van der Waals surface area contributed by atoms with Gasteiger partial charge in [-0.3, -0.25) is 4.99 Å². The van der Waals surface area contributed by atoms with Crippen LogP contribution < -0.4 is 9.80 Å². The number of allylic oxidation sites excluding steroid dienone is 1. The second-order valence-electron chi connectivity index (χ2n) is 17.8. The third kappa shape index (κ3) is 7.67. The van der Waals surface area contributed by atoms with Crippen LogP contribution in [0.2, 0.25) is 0 Å². The van der Waals surface area contributed by atoms with E-state index >= 15 is 0 Å². The van der Waals surface area contributed by atoms with Crippen LogP contribution in [-0.2, 0) is 0 Å². The largest absolute Gasteiger partial charge is 0.456 e. The third-order valence-corrected chi connectivity index (χ3v) is 12.8. The molecule has 0 unspecified atom stereocenters. The molecule has 0 aliphatic rings. The van der Waals surface area contributed by atoms with E-state index in [4.69, 9.17) is 8.83 Å². The Morgan fingerprint density at radius 2 is 1.06 bits per heavy atom. The Kier molecular flexibility index (Phi) is 10.7. The van der Waals surface area contributed by atoms with E-state index in [1.807, 2.05) is 24.4 Å². The third-order valence-electron chi connectivity index (χ3n) is 12.8. The summed E-state index contributed by atoms with van der Waals surface area (Å²) in [6.45, 7) is 17.5. The molecule has 5 heteroatoms. The Labute approximate surface area is 381 Å². The van der Waals surface area contributed by atoms with Crippen LogP contribution in [0.15, 0.2) is 178 Å². The molecule has 0 saturated heterocycles. The minimum Gasteiger partial charge on any atom is -0.456 e. The quantitative estimate of drug-likeness (QED) is 0.122. The summed E-state index contributed by atoms with van der Waals surface area (Å²) in [5.41, 5.74) is 16.8. The predicted molar refractivity (Wildman–Crippen MR) is 278 cm³/mol. The van der Waals surface area contributed by atoms with E-state index in [0.29, 0.717) is 11.8 Å². The van der Waals surface area contributed by atoms with E-state index in [9.17, 15) is 0 Å². The fraction of sp³-hybridized carbons (Fsp3) is 0.150. The van der Waals surface area contributed by atoms with Gasteiger partial charge in [0, 0.05) is 68.9 Å². The molecule has 0 atom stereocenters. The molecule has 0 radical (unpaired) electrons. The number of nitrogens with zero attached hydrogens (tertiary/aromatic N) is 3. The lowest BCUT2D eigenvalue weighted by Gasteiger charge is -2.27. The summed E-state index contributed by atoms with van der Waals surface area (Å²) < 4.78 is 13.4. The number of hydrogen-bond donors (Lipinski definition) is 0. The molecule has 2 aromatic heterocycles. The van der Waals surface area contributed by atoms with Gasteiger partial charge < -0.3 is 18.6 Å². The van der Waals surface area contributed by atoms with Gasteiger partial charge in [0.05, 0.1) is 0 Å². The second kappa shape index (κ2) is 16.8. The lowest BCUT2D eigenvalue weighted by atomic mass is 9.99. The van der Waals surface area contributed by atoms with Crippen LogP contribution in [0.5, 0.6) is 0 Å². The van der Waals surface area contributed by atoms with Gasteiger partial charge in [-0.05, 0) is 167 Å². The highest BCUT2D eigenvalue weighted by atomic mass is 16.3. The highest BCUT2D eigenvalue weighted by molar-refractivity contribution is 6.27. The number of aryl methyl sites for hydroxylation is 1. The molecule has 65 heavy (non-hydrogen) atoms. The van der Waals surface area contributed by atoms with Crippen LogP contribution in [0, 0.1) is 6.92 Å². The average molecular weight is 848 g/mol. The molecule has 0 bridgehead atoms. The first-order valence-electron chi connectivity index (χ1n) is 22.6. The summed E-state index contributed by atoms with van der Waals surface area (Å²) in [5, 5.41) is 6.40. The number of anilines is 5. The highest BCUT2D eigenvalue weighted by Crippen LogP contribution is 2.44. The van der Waals surface area contributed by atoms with Gasteiger partial charge in [-0.25, -0.2) is 0 Å². The summed E-state index contributed by atoms with van der Waals surface area (Å²) >= 11 is 0. The van der Waals surface area contributed by atoms with Gasteiger partial charge in [0.25, 0.3) is 0 Å². The summed E-state index contributed by atoms with van der Waals surface area (Å²) in [7, 11) is 1.80. The normalized spacial score (nSPS) is 12.3. The molecule has 0 aliphatic carbocycles. The Morgan fingerprint density at radius 1 is 0.538 bits per heavy atom. The SMILES string of the molecule is C=Cc1cc2c(cc1/C=C(\C)N(c1ccc(C)cc1)c1ccc(C(C)C)cc1)oc1ccc3oc4cc5cc(N(c6ccc(C=NC)cc6)c6ccc(C(C)C)cc6)ccc5cc4c3c12. The van der Waals surface area contributed by atoms with Crippen LogP contribution in [0.1, 0.15) is 79.8 Å². The summed E-state index contributed by atoms with van der Waals surface area (Å²) in [6.07, 6.45) is 6.06. The molecular formula is C60H53N3O2. The molecule has 320 valence electrons. The maximum Gasteiger partial charge on any atom is 0.136 e. The Hall–Kier alpha value is -7.63. The van der Waals surface area contributed by atoms with Crippen molar-refractivity contribution in [1.29, 1.82) is 0 Å². The van der Waals surface area contributed by atoms with Crippen molar-refractivity contribution in [3.63, 3.8) is 0 Å². The van der Waals surface area contributed by atoms with Crippen molar-refractivity contribution in [2.24, 2.45) is 4.99 Å². The van der Waals surface area contributed by atoms with Crippen LogP contribution in [-0.4, -0.2) is 13.3 Å². The molecule has 10 rings (SSSR count). The van der Waals surface area contributed by atoms with Gasteiger partial charge in [-0.15, -0.1) is 0 Å². The molecule has 0 spiro atoms. The maximum atomic E-state index is 6.70. The number of hydrogen-bond acceptors (Lipinski definition) is 5. The van der Waals surface area contributed by atoms with Gasteiger partial charge in [0.1, 0.15) is 22.3 Å². The van der Waals surface area contributed by atoms with E-state index in [-0.39, 0.29) is 0 Å². The number of benzene rings is 8. The van der Waals surface area contributed by atoms with Gasteiger partial charge in [-0.1, -0.05) is 101 Å². The van der Waals surface area contributed by atoms with E-state index < -0.39 is 0 Å². The van der Waals surface area contributed by atoms with Gasteiger partial charge >= 0.3 is 0 Å². The predicted octanol–water partition coefficient (Wildman–Crippen LogP) is 17.6. The molecule has 0 saturated carbocycles. The standard InChI is InChI=1S/C60H53N3O2/c1-9-42-32-53-57(34-46(42)30-40(7)62(48-19-10-39(6)11-20-48)49-23-14-43(15-24-49)37(2)3)64-55-28-29-56-60(59(53)55)54-33-45-18-27-52(31-47(45)35-58(54)65-56)63(50-21-12-41(13-22-50)36-61-8)51-25-16-44(17-26-51)38(4)5/h9-38H,1H2,2-8H3/b40-30+,61-36?. The van der Waals surface area contributed by atoms with Crippen molar-refractivity contribution in [2.45, 2.75) is 53.4 Å². The zero-order chi connectivity index (χ0) is 44.9. The maximum absolute atomic E-state index is 6.70. The van der Waals surface area contributed by atoms with E-state index in [1.165, 1.54) is 16.7 Å². The fourth-order valence-electron chi connectivity index (χ4n) is 9.25. The number of rotatable bonds is 11. The van der Waals surface area contributed by atoms with Crippen LogP contribution >= 0.6 is 0 Å². The second-order valence-corrected chi connectivity index (χ2v) is 17.8. The van der Waals surface area contributed by atoms with Crippen molar-refractivity contribution in [1.82, 2.24) is 0 Å². The number of furan rings is 2. The van der Waals surface area contributed by atoms with Crippen molar-refractivity contribution in [3.8, 4) is 0 Å². The summed E-state index contributed by atoms with van der Waals surface area (Å²) in [5.74, 6) is 0.908. The number of fused-ring (bicyclic) bond motifs is 8. The lowest BCUT2D eigenvalue weighted by Crippen LogP contribution is -2.14. The van der Waals surface area contributed by atoms with Crippen molar-refractivity contribution >= 4 is 101 Å². The monoisotopic (exact) mass is 847 g/mol. The molecule has 5 nitrogen and oxygen atoms in total. The van der Waals surface area contributed by atoms with E-state index in [0.717, 1.165) is 105 Å². The highest BCUT2D eigenvalue weighted by Gasteiger charge is 2.21. The fourth-order valence-corrected chi connectivity index (χ4v) is 9.25. The average Bonchev–Trinajstić information content (AvgIpc) is 3.86. The molecule has 0 N–H and O–H groups in total. The molecule has 0 fully saturated rings. The summed E-state index contributed by atoms with van der Waals surface area (Å²) in [6, 6.07) is 54.6. The van der Waals surface area contributed by atoms with Crippen LogP contribution in [0.4, 0.5) is 28.4 Å². The van der Waals surface area contributed by atoms with Gasteiger partial charge in [0.2, 0.25) is 0 Å². The van der Waals surface area contributed by atoms with E-state index in [1.54, 1.807) is 7.05 Å². The topological polar surface area (TPSA) is 45.1 Å². The van der Waals surface area contributed by atoms with Crippen LogP contribution in [0.3, 0.4) is 0 Å². The molecule has 0 aliphatic heterocycles. The van der Waals surface area contributed by atoms with Crippen molar-refractivity contribution < 1.29 is 8.83 Å². The zero-order valence-electron chi connectivity index (χ0n) is 38.2. The smallest absolute Gasteiger partial charge is 0.136 e. The molecule has 10 aromatic rings. The first kappa shape index (κ1) is 41.4. The van der Waals surface area contributed by atoms with Gasteiger partial charge in [-0.2, -0.15) is 0 Å².